The topological polar surface area (TPSA) is 84.7 Å². The molecule has 2 heterocycles. The van der Waals surface area contributed by atoms with Crippen molar-refractivity contribution in [2.24, 2.45) is 0 Å². The van der Waals surface area contributed by atoms with Crippen LogP contribution in [0.2, 0.25) is 0 Å². The van der Waals surface area contributed by atoms with Gasteiger partial charge in [0.1, 0.15) is 12.3 Å². The fourth-order valence-corrected chi connectivity index (χ4v) is 2.72. The second kappa shape index (κ2) is 7.27. The van der Waals surface area contributed by atoms with Crippen molar-refractivity contribution in [1.82, 2.24) is 15.2 Å². The summed E-state index contributed by atoms with van der Waals surface area (Å²) in [5, 5.41) is 2.78. The van der Waals surface area contributed by atoms with Crippen LogP contribution in [0.15, 0.2) is 41.0 Å². The first kappa shape index (κ1) is 16.2. The van der Waals surface area contributed by atoms with Gasteiger partial charge in [0.15, 0.2) is 0 Å². The molecule has 0 bridgehead atoms. The summed E-state index contributed by atoms with van der Waals surface area (Å²) in [6.45, 7) is 1.62. The molecule has 1 unspecified atom stereocenters. The second-order valence-corrected chi connectivity index (χ2v) is 5.57. The highest BCUT2D eigenvalue weighted by molar-refractivity contribution is 5.87. The molecule has 126 valence electrons. The van der Waals surface area contributed by atoms with Gasteiger partial charge in [-0.1, -0.05) is 18.2 Å². The first-order valence-electron chi connectivity index (χ1n) is 7.76. The van der Waals surface area contributed by atoms with Gasteiger partial charge in [-0.05, 0) is 12.1 Å². The smallest absolute Gasteiger partial charge is 0.307 e. The number of nitrogens with zero attached hydrogens (tertiary/aromatic N) is 2. The third-order valence-corrected chi connectivity index (χ3v) is 3.97. The first-order valence-corrected chi connectivity index (χ1v) is 7.76. The molecule has 1 saturated heterocycles. The van der Waals surface area contributed by atoms with Crippen molar-refractivity contribution in [2.45, 2.75) is 19.0 Å². The summed E-state index contributed by atoms with van der Waals surface area (Å²) in [6.07, 6.45) is 1.61. The quantitative estimate of drug-likeness (QED) is 0.830. The van der Waals surface area contributed by atoms with E-state index in [9.17, 15) is 9.59 Å². The van der Waals surface area contributed by atoms with Crippen molar-refractivity contribution in [1.29, 1.82) is 0 Å². The minimum absolute atomic E-state index is 0.0196. The van der Waals surface area contributed by atoms with E-state index < -0.39 is 12.0 Å². The van der Waals surface area contributed by atoms with Gasteiger partial charge in [-0.15, -0.1) is 0 Å². The van der Waals surface area contributed by atoms with E-state index in [-0.39, 0.29) is 12.3 Å². The molecule has 2 aromatic rings. The Balaban J connectivity index is 1.72. The second-order valence-electron chi connectivity index (χ2n) is 5.57. The summed E-state index contributed by atoms with van der Waals surface area (Å²) in [5.74, 6) is -0.0396. The number of piperazine rings is 1. The van der Waals surface area contributed by atoms with E-state index in [0.717, 1.165) is 11.3 Å². The zero-order chi connectivity index (χ0) is 16.9. The van der Waals surface area contributed by atoms with Crippen molar-refractivity contribution in [3.05, 3.63) is 42.3 Å². The van der Waals surface area contributed by atoms with Crippen LogP contribution >= 0.6 is 0 Å². The number of carbonyl (C=O) groups excluding carboxylic acids is 2. The minimum Gasteiger partial charge on any atom is -0.469 e. The van der Waals surface area contributed by atoms with Crippen molar-refractivity contribution in [3.63, 3.8) is 0 Å². The van der Waals surface area contributed by atoms with E-state index >= 15 is 0 Å². The molecular weight excluding hydrogens is 310 g/mol. The van der Waals surface area contributed by atoms with Crippen LogP contribution in [0.5, 0.6) is 0 Å². The fraction of sp³-hybridized carbons (Fsp3) is 0.353. The highest BCUT2D eigenvalue weighted by atomic mass is 16.5. The predicted octanol–water partition coefficient (Wildman–Crippen LogP) is 1.21. The molecule has 0 radical (unpaired) electrons. The number of ether oxygens (including phenoxy) is 1. The Kier molecular flexibility index (Phi) is 4.90. The van der Waals surface area contributed by atoms with Crippen LogP contribution < -0.4 is 5.32 Å². The minimum atomic E-state index is -0.553. The highest BCUT2D eigenvalue weighted by Gasteiger charge is 2.32. The number of carbonyl (C=O) groups is 2. The maximum Gasteiger partial charge on any atom is 0.307 e. The Bertz CT molecular complexity index is 714. The number of oxazole rings is 1. The Morgan fingerprint density at radius 1 is 1.42 bits per heavy atom. The number of methoxy groups -OCH3 is 1. The van der Waals surface area contributed by atoms with Crippen molar-refractivity contribution in [3.8, 4) is 11.5 Å². The monoisotopic (exact) mass is 329 g/mol. The third-order valence-electron chi connectivity index (χ3n) is 3.97. The molecule has 1 amide bonds. The molecule has 0 spiro atoms. The third kappa shape index (κ3) is 3.62. The van der Waals surface area contributed by atoms with Gasteiger partial charge in [0, 0.05) is 25.2 Å². The number of benzene rings is 1. The van der Waals surface area contributed by atoms with Crippen LogP contribution in [0.25, 0.3) is 11.5 Å². The Morgan fingerprint density at radius 3 is 2.96 bits per heavy atom. The summed E-state index contributed by atoms with van der Waals surface area (Å²) >= 11 is 0. The molecule has 0 saturated carbocycles. The number of rotatable bonds is 5. The molecule has 1 N–H and O–H groups in total. The normalized spacial score (nSPS) is 18.2. The van der Waals surface area contributed by atoms with Gasteiger partial charge in [0.25, 0.3) is 0 Å². The van der Waals surface area contributed by atoms with Crippen LogP contribution in [0.4, 0.5) is 0 Å². The zero-order valence-electron chi connectivity index (χ0n) is 13.4. The van der Waals surface area contributed by atoms with Crippen LogP contribution in [-0.2, 0) is 20.9 Å². The van der Waals surface area contributed by atoms with Crippen LogP contribution in [0.1, 0.15) is 12.1 Å². The van der Waals surface area contributed by atoms with E-state index in [0.29, 0.717) is 25.5 Å². The number of aromatic nitrogens is 1. The van der Waals surface area contributed by atoms with E-state index in [1.807, 2.05) is 35.2 Å². The van der Waals surface area contributed by atoms with E-state index in [1.54, 1.807) is 6.26 Å². The lowest BCUT2D eigenvalue weighted by Crippen LogP contribution is -2.55. The summed E-state index contributed by atoms with van der Waals surface area (Å²) in [4.78, 5) is 30.0. The van der Waals surface area contributed by atoms with E-state index in [2.05, 4.69) is 15.0 Å². The Hall–Kier alpha value is -2.67. The molecule has 24 heavy (non-hydrogen) atoms. The highest BCUT2D eigenvalue weighted by Crippen LogP contribution is 2.20. The van der Waals surface area contributed by atoms with Gasteiger partial charge in [0.05, 0.1) is 19.2 Å². The van der Waals surface area contributed by atoms with E-state index in [1.165, 1.54) is 7.11 Å². The molecular formula is C17H19N3O4. The van der Waals surface area contributed by atoms with Crippen molar-refractivity contribution >= 4 is 11.9 Å². The molecule has 3 rings (SSSR count). The molecule has 7 heteroatoms. The number of nitrogens with one attached hydrogen (secondary N) is 1. The van der Waals surface area contributed by atoms with Crippen molar-refractivity contribution < 1.29 is 18.7 Å². The zero-order valence-corrected chi connectivity index (χ0v) is 13.4. The Morgan fingerprint density at radius 2 is 2.21 bits per heavy atom. The molecule has 1 atom stereocenters. The Labute approximate surface area is 139 Å². The largest absolute Gasteiger partial charge is 0.469 e. The molecule has 1 fully saturated rings. The SMILES string of the molecule is COC(=O)CC1C(=O)NCCN1Cc1coc(-c2ccccc2)n1. The van der Waals surface area contributed by atoms with E-state index in [4.69, 9.17) is 4.42 Å². The summed E-state index contributed by atoms with van der Waals surface area (Å²) in [5.41, 5.74) is 1.62. The van der Waals surface area contributed by atoms with Gasteiger partial charge >= 0.3 is 5.97 Å². The maximum atomic E-state index is 12.1. The van der Waals surface area contributed by atoms with Gasteiger partial charge < -0.3 is 14.5 Å². The van der Waals surface area contributed by atoms with Gasteiger partial charge in [0.2, 0.25) is 11.8 Å². The first-order chi connectivity index (χ1) is 11.7. The fourth-order valence-electron chi connectivity index (χ4n) is 2.72. The molecule has 1 aromatic carbocycles. The number of hydrogen-bond acceptors (Lipinski definition) is 6. The number of esters is 1. The van der Waals surface area contributed by atoms with Crippen molar-refractivity contribution in [2.75, 3.05) is 20.2 Å². The molecule has 1 aliphatic heterocycles. The van der Waals surface area contributed by atoms with Crippen LogP contribution in [0.3, 0.4) is 0 Å². The summed E-state index contributed by atoms with van der Waals surface area (Å²) < 4.78 is 10.2. The van der Waals surface area contributed by atoms with Gasteiger partial charge in [-0.2, -0.15) is 0 Å². The lowest BCUT2D eigenvalue weighted by atomic mass is 10.1. The van der Waals surface area contributed by atoms with Gasteiger partial charge in [-0.3, -0.25) is 14.5 Å². The van der Waals surface area contributed by atoms with Crippen LogP contribution in [-0.4, -0.2) is 48.0 Å². The summed E-state index contributed by atoms with van der Waals surface area (Å²) in [6, 6.07) is 9.05. The average Bonchev–Trinajstić information content (AvgIpc) is 3.07. The lowest BCUT2D eigenvalue weighted by molar-refractivity contribution is -0.146. The summed E-state index contributed by atoms with van der Waals surface area (Å²) in [7, 11) is 1.32. The number of amides is 1. The molecule has 7 nitrogen and oxygen atoms in total. The predicted molar refractivity (Wildman–Crippen MR) is 85.8 cm³/mol. The lowest BCUT2D eigenvalue weighted by Gasteiger charge is -2.33. The average molecular weight is 329 g/mol. The van der Waals surface area contributed by atoms with Crippen LogP contribution in [0, 0.1) is 0 Å². The maximum absolute atomic E-state index is 12.1. The standard InChI is InChI=1S/C17H19N3O4/c1-23-15(21)9-14-16(22)18-7-8-20(14)10-13-11-24-17(19-13)12-5-3-2-4-6-12/h2-6,11,14H,7-10H2,1H3,(H,18,22). The molecule has 0 aliphatic carbocycles. The van der Waals surface area contributed by atoms with Gasteiger partial charge in [-0.25, -0.2) is 4.98 Å². The molecule has 1 aromatic heterocycles. The number of hydrogen-bond donors (Lipinski definition) is 1. The molecule has 1 aliphatic rings.